The Balaban J connectivity index is 1.95. The van der Waals surface area contributed by atoms with Gasteiger partial charge in [0.1, 0.15) is 0 Å². The van der Waals surface area contributed by atoms with Gasteiger partial charge < -0.3 is 11.1 Å². The van der Waals surface area contributed by atoms with Gasteiger partial charge in [-0.1, -0.05) is 13.3 Å². The van der Waals surface area contributed by atoms with Crippen LogP contribution in [-0.2, 0) is 0 Å². The summed E-state index contributed by atoms with van der Waals surface area (Å²) in [4.78, 5) is 3.98. The number of anilines is 2. The summed E-state index contributed by atoms with van der Waals surface area (Å²) >= 11 is 0. The monoisotopic (exact) mass is 205 g/mol. The summed E-state index contributed by atoms with van der Waals surface area (Å²) in [6.45, 7) is 3.31. The molecule has 1 aliphatic carbocycles. The summed E-state index contributed by atoms with van der Waals surface area (Å²) in [6.07, 6.45) is 8.80. The van der Waals surface area contributed by atoms with Gasteiger partial charge in [0.15, 0.2) is 0 Å². The van der Waals surface area contributed by atoms with Crippen LogP contribution in [0.25, 0.3) is 0 Å². The van der Waals surface area contributed by atoms with E-state index >= 15 is 0 Å². The van der Waals surface area contributed by atoms with Crippen molar-refractivity contribution in [1.82, 2.24) is 4.98 Å². The number of nitrogens with one attached hydrogen (secondary N) is 1. The van der Waals surface area contributed by atoms with Crippen molar-refractivity contribution in [1.29, 1.82) is 0 Å². The maximum atomic E-state index is 5.83. The van der Waals surface area contributed by atoms with Gasteiger partial charge in [-0.15, -0.1) is 0 Å². The number of pyridine rings is 1. The third kappa shape index (κ3) is 2.06. The van der Waals surface area contributed by atoms with Crippen LogP contribution < -0.4 is 11.1 Å². The Morgan fingerprint density at radius 2 is 2.33 bits per heavy atom. The minimum atomic E-state index is 0.524. The molecule has 0 bridgehead atoms. The minimum Gasteiger partial charge on any atom is -0.396 e. The lowest BCUT2D eigenvalue weighted by molar-refractivity contribution is 0.145. The lowest BCUT2D eigenvalue weighted by atomic mass is 9.67. The van der Waals surface area contributed by atoms with E-state index in [2.05, 4.69) is 17.2 Å². The number of nitrogens with zero attached hydrogens (tertiary/aromatic N) is 1. The largest absolute Gasteiger partial charge is 0.396 e. The lowest BCUT2D eigenvalue weighted by Crippen LogP contribution is -2.35. The van der Waals surface area contributed by atoms with Gasteiger partial charge in [0, 0.05) is 12.7 Å². The molecule has 1 saturated carbocycles. The van der Waals surface area contributed by atoms with E-state index < -0.39 is 0 Å². The summed E-state index contributed by atoms with van der Waals surface area (Å²) < 4.78 is 0. The van der Waals surface area contributed by atoms with Gasteiger partial charge in [0.25, 0.3) is 0 Å². The molecule has 1 fully saturated rings. The smallest absolute Gasteiger partial charge is 0.0736 e. The van der Waals surface area contributed by atoms with Gasteiger partial charge in [-0.3, -0.25) is 4.98 Å². The fourth-order valence-corrected chi connectivity index (χ4v) is 2.18. The van der Waals surface area contributed by atoms with Crippen molar-refractivity contribution in [2.24, 2.45) is 5.41 Å². The Labute approximate surface area is 91.1 Å². The fourth-order valence-electron chi connectivity index (χ4n) is 2.18. The zero-order chi connectivity index (χ0) is 10.7. The predicted octanol–water partition coefficient (Wildman–Crippen LogP) is 2.66. The number of nitrogens with two attached hydrogens (primary N) is 1. The van der Waals surface area contributed by atoms with Crippen molar-refractivity contribution in [3.05, 3.63) is 18.5 Å². The summed E-state index contributed by atoms with van der Waals surface area (Å²) in [5.41, 5.74) is 8.11. The highest BCUT2D eigenvalue weighted by Gasteiger charge is 2.34. The van der Waals surface area contributed by atoms with E-state index in [0.717, 1.165) is 17.9 Å². The van der Waals surface area contributed by atoms with E-state index in [1.54, 1.807) is 12.4 Å². The number of rotatable bonds is 4. The molecule has 0 unspecified atom stereocenters. The molecule has 2 rings (SSSR count). The van der Waals surface area contributed by atoms with Crippen LogP contribution in [0.1, 0.15) is 32.6 Å². The van der Waals surface area contributed by atoms with E-state index in [4.69, 9.17) is 5.73 Å². The molecule has 1 heterocycles. The van der Waals surface area contributed by atoms with Crippen LogP contribution in [0.3, 0.4) is 0 Å². The molecule has 3 N–H and O–H groups in total. The topological polar surface area (TPSA) is 50.9 Å². The first-order valence-corrected chi connectivity index (χ1v) is 5.69. The first-order chi connectivity index (χ1) is 7.26. The minimum absolute atomic E-state index is 0.524. The summed E-state index contributed by atoms with van der Waals surface area (Å²) in [5.74, 6) is 0. The highest BCUT2D eigenvalue weighted by Crippen LogP contribution is 2.43. The zero-order valence-electron chi connectivity index (χ0n) is 9.29. The number of hydrogen-bond donors (Lipinski definition) is 2. The van der Waals surface area contributed by atoms with Gasteiger partial charge in [-0.05, 0) is 30.7 Å². The number of nitrogen functional groups attached to an aromatic ring is 1. The molecule has 0 saturated heterocycles. The zero-order valence-corrected chi connectivity index (χ0v) is 9.29. The van der Waals surface area contributed by atoms with E-state index in [9.17, 15) is 0 Å². The molecule has 0 aliphatic heterocycles. The standard InChI is InChI=1S/C12H19N3/c1-2-12(5-3-6-12)9-15-11-4-7-14-8-10(11)13/h4,7-8H,2-3,5-6,9,13H2,1H3,(H,14,15). The maximum absolute atomic E-state index is 5.83. The highest BCUT2D eigenvalue weighted by atomic mass is 14.9. The number of hydrogen-bond acceptors (Lipinski definition) is 3. The maximum Gasteiger partial charge on any atom is 0.0736 e. The van der Waals surface area contributed by atoms with Crippen molar-refractivity contribution in [2.75, 3.05) is 17.6 Å². The molecule has 0 aromatic carbocycles. The highest BCUT2D eigenvalue weighted by molar-refractivity contribution is 5.64. The Bertz CT molecular complexity index is 326. The molecular formula is C12H19N3. The van der Waals surface area contributed by atoms with E-state index in [1.165, 1.54) is 25.7 Å². The third-order valence-corrected chi connectivity index (χ3v) is 3.67. The first kappa shape index (κ1) is 10.3. The second-order valence-electron chi connectivity index (χ2n) is 4.52. The molecule has 3 nitrogen and oxygen atoms in total. The molecular weight excluding hydrogens is 186 g/mol. The van der Waals surface area contributed by atoms with Crippen molar-refractivity contribution in [3.63, 3.8) is 0 Å². The predicted molar refractivity (Wildman–Crippen MR) is 63.7 cm³/mol. The Morgan fingerprint density at radius 1 is 1.53 bits per heavy atom. The van der Waals surface area contributed by atoms with Crippen molar-refractivity contribution >= 4 is 11.4 Å². The van der Waals surface area contributed by atoms with Gasteiger partial charge >= 0.3 is 0 Å². The van der Waals surface area contributed by atoms with Crippen LogP contribution in [0, 0.1) is 5.41 Å². The molecule has 1 aliphatic rings. The molecule has 82 valence electrons. The second-order valence-corrected chi connectivity index (χ2v) is 4.52. The van der Waals surface area contributed by atoms with Gasteiger partial charge in [-0.2, -0.15) is 0 Å². The van der Waals surface area contributed by atoms with E-state index in [-0.39, 0.29) is 0 Å². The van der Waals surface area contributed by atoms with Crippen LogP contribution in [0.4, 0.5) is 11.4 Å². The molecule has 0 radical (unpaired) electrons. The van der Waals surface area contributed by atoms with Crippen LogP contribution >= 0.6 is 0 Å². The molecule has 1 aromatic rings. The fraction of sp³-hybridized carbons (Fsp3) is 0.583. The average Bonchev–Trinajstić information content (AvgIpc) is 2.19. The Hall–Kier alpha value is -1.25. The van der Waals surface area contributed by atoms with Gasteiger partial charge in [0.2, 0.25) is 0 Å². The lowest BCUT2D eigenvalue weighted by Gasteiger charge is -2.41. The molecule has 3 heteroatoms. The van der Waals surface area contributed by atoms with Crippen molar-refractivity contribution < 1.29 is 0 Å². The third-order valence-electron chi connectivity index (χ3n) is 3.67. The van der Waals surface area contributed by atoms with Crippen LogP contribution in [0.5, 0.6) is 0 Å². The van der Waals surface area contributed by atoms with Crippen LogP contribution in [0.15, 0.2) is 18.5 Å². The summed E-state index contributed by atoms with van der Waals surface area (Å²) in [5, 5.41) is 3.44. The van der Waals surface area contributed by atoms with E-state index in [0.29, 0.717) is 5.41 Å². The van der Waals surface area contributed by atoms with Crippen LogP contribution in [-0.4, -0.2) is 11.5 Å². The van der Waals surface area contributed by atoms with Crippen molar-refractivity contribution in [3.8, 4) is 0 Å². The molecule has 1 aromatic heterocycles. The van der Waals surface area contributed by atoms with Crippen LogP contribution in [0.2, 0.25) is 0 Å². The second kappa shape index (κ2) is 4.09. The van der Waals surface area contributed by atoms with Gasteiger partial charge in [-0.25, -0.2) is 0 Å². The summed E-state index contributed by atoms with van der Waals surface area (Å²) in [7, 11) is 0. The van der Waals surface area contributed by atoms with E-state index in [1.807, 2.05) is 6.07 Å². The number of aromatic nitrogens is 1. The first-order valence-electron chi connectivity index (χ1n) is 5.69. The SMILES string of the molecule is CCC1(CNc2ccncc2N)CCC1. The Morgan fingerprint density at radius 3 is 2.87 bits per heavy atom. The molecule has 0 spiro atoms. The Kier molecular flexibility index (Phi) is 2.80. The molecule has 0 atom stereocenters. The molecule has 15 heavy (non-hydrogen) atoms. The quantitative estimate of drug-likeness (QED) is 0.794. The average molecular weight is 205 g/mol. The van der Waals surface area contributed by atoms with Crippen molar-refractivity contribution in [2.45, 2.75) is 32.6 Å². The molecule has 0 amide bonds. The summed E-state index contributed by atoms with van der Waals surface area (Å²) in [6, 6.07) is 1.94. The van der Waals surface area contributed by atoms with Gasteiger partial charge in [0.05, 0.1) is 17.6 Å². The normalized spacial score (nSPS) is 18.2.